The SMILES string of the molecule is CCCC(CCC)N1OC[C@@H]([Se]c2ccccc2)[C@@H]1c1ccccc1. The molecule has 3 rings (SSSR count). The molecule has 0 aliphatic carbocycles. The van der Waals surface area contributed by atoms with Gasteiger partial charge in [0.15, 0.2) is 0 Å². The molecule has 0 saturated carbocycles. The molecule has 1 aliphatic heterocycles. The summed E-state index contributed by atoms with van der Waals surface area (Å²) in [4.78, 5) is 6.88. The van der Waals surface area contributed by atoms with E-state index in [-0.39, 0.29) is 0 Å². The van der Waals surface area contributed by atoms with Gasteiger partial charge in [0.1, 0.15) is 0 Å². The first-order valence-corrected chi connectivity index (χ1v) is 11.4. The molecular formula is C22H29NOSe. The van der Waals surface area contributed by atoms with Gasteiger partial charge in [-0.2, -0.15) is 0 Å². The Morgan fingerprint density at radius 1 is 0.960 bits per heavy atom. The van der Waals surface area contributed by atoms with E-state index in [0.717, 1.165) is 6.61 Å². The zero-order chi connectivity index (χ0) is 17.5. The molecule has 0 radical (unpaired) electrons. The van der Waals surface area contributed by atoms with E-state index in [2.05, 4.69) is 79.6 Å². The summed E-state index contributed by atoms with van der Waals surface area (Å²) < 4.78 is 1.47. The van der Waals surface area contributed by atoms with Gasteiger partial charge < -0.3 is 0 Å². The third-order valence-corrected chi connectivity index (χ3v) is 7.39. The number of benzene rings is 2. The molecule has 2 atom stereocenters. The maximum atomic E-state index is 6.32. The van der Waals surface area contributed by atoms with Crippen molar-refractivity contribution >= 4 is 19.4 Å². The predicted octanol–water partition coefficient (Wildman–Crippen LogP) is 4.76. The van der Waals surface area contributed by atoms with Crippen LogP contribution in [0.15, 0.2) is 60.7 Å². The van der Waals surface area contributed by atoms with Crippen LogP contribution in [0.3, 0.4) is 0 Å². The summed E-state index contributed by atoms with van der Waals surface area (Å²) in [7, 11) is 0. The van der Waals surface area contributed by atoms with Crippen molar-refractivity contribution in [3.63, 3.8) is 0 Å². The number of rotatable bonds is 8. The summed E-state index contributed by atoms with van der Waals surface area (Å²) in [5, 5.41) is 2.36. The molecule has 0 unspecified atom stereocenters. The Morgan fingerprint density at radius 2 is 1.56 bits per heavy atom. The molecule has 0 bridgehead atoms. The van der Waals surface area contributed by atoms with Gasteiger partial charge in [-0.3, -0.25) is 0 Å². The van der Waals surface area contributed by atoms with Gasteiger partial charge in [-0.1, -0.05) is 0 Å². The fourth-order valence-electron chi connectivity index (χ4n) is 3.68. The van der Waals surface area contributed by atoms with Gasteiger partial charge in [0.2, 0.25) is 0 Å². The van der Waals surface area contributed by atoms with Crippen LogP contribution >= 0.6 is 0 Å². The minimum absolute atomic E-state index is 0.379. The molecule has 2 nitrogen and oxygen atoms in total. The fourth-order valence-corrected chi connectivity index (χ4v) is 6.19. The number of hydrogen-bond acceptors (Lipinski definition) is 2. The van der Waals surface area contributed by atoms with Gasteiger partial charge in [0.25, 0.3) is 0 Å². The van der Waals surface area contributed by atoms with Crippen LogP contribution in [0.5, 0.6) is 0 Å². The van der Waals surface area contributed by atoms with Crippen LogP contribution < -0.4 is 4.46 Å². The second kappa shape index (κ2) is 9.54. The first-order valence-electron chi connectivity index (χ1n) is 9.51. The molecule has 0 spiro atoms. The van der Waals surface area contributed by atoms with Crippen molar-refractivity contribution in [2.45, 2.75) is 56.4 Å². The van der Waals surface area contributed by atoms with Gasteiger partial charge in [-0.05, 0) is 0 Å². The van der Waals surface area contributed by atoms with Crippen LogP contribution in [-0.4, -0.2) is 32.7 Å². The van der Waals surface area contributed by atoms with Crippen molar-refractivity contribution in [3.05, 3.63) is 66.2 Å². The summed E-state index contributed by atoms with van der Waals surface area (Å²) in [5.74, 6) is 0. The summed E-state index contributed by atoms with van der Waals surface area (Å²) in [6.45, 7) is 5.40. The van der Waals surface area contributed by atoms with Crippen molar-refractivity contribution in [3.8, 4) is 0 Å². The molecule has 1 saturated heterocycles. The van der Waals surface area contributed by atoms with E-state index in [0.29, 0.717) is 31.9 Å². The van der Waals surface area contributed by atoms with Gasteiger partial charge in [0.05, 0.1) is 0 Å². The van der Waals surface area contributed by atoms with E-state index in [1.807, 2.05) is 0 Å². The topological polar surface area (TPSA) is 12.5 Å². The van der Waals surface area contributed by atoms with Crippen molar-refractivity contribution in [1.82, 2.24) is 5.06 Å². The Hall–Kier alpha value is -1.12. The molecule has 3 heteroatoms. The second-order valence-electron chi connectivity index (χ2n) is 6.71. The Balaban J connectivity index is 1.85. The zero-order valence-electron chi connectivity index (χ0n) is 15.3. The normalized spacial score (nSPS) is 21.1. The van der Waals surface area contributed by atoms with Crippen molar-refractivity contribution in [2.75, 3.05) is 6.61 Å². The summed E-state index contributed by atoms with van der Waals surface area (Å²) in [6.07, 6.45) is 4.84. The standard InChI is InChI=1S/C22H29NOSe/c1-3-11-19(12-4-2)23-22(18-13-7-5-8-14-18)21(17-24-23)25-20-15-9-6-10-16-20/h5-10,13-16,19,21-22H,3-4,11-12,17H2,1-2H3/t21-,22+/m1/s1. The molecular weight excluding hydrogens is 373 g/mol. The van der Waals surface area contributed by atoms with Gasteiger partial charge in [-0.15, -0.1) is 0 Å². The number of nitrogens with zero attached hydrogens (tertiary/aromatic N) is 1. The van der Waals surface area contributed by atoms with Crippen LogP contribution in [0.1, 0.15) is 51.1 Å². The predicted molar refractivity (Wildman–Crippen MR) is 106 cm³/mol. The van der Waals surface area contributed by atoms with Crippen molar-refractivity contribution in [1.29, 1.82) is 0 Å². The fraction of sp³-hybridized carbons (Fsp3) is 0.455. The molecule has 0 aromatic heterocycles. The average Bonchev–Trinajstić information content (AvgIpc) is 3.06. The summed E-state index contributed by atoms with van der Waals surface area (Å²) in [5.41, 5.74) is 1.40. The summed E-state index contributed by atoms with van der Waals surface area (Å²) in [6, 6.07) is 22.8. The first-order chi connectivity index (χ1) is 12.3. The van der Waals surface area contributed by atoms with Crippen LogP contribution in [0.4, 0.5) is 0 Å². The third kappa shape index (κ3) is 4.74. The van der Waals surface area contributed by atoms with E-state index in [1.54, 1.807) is 0 Å². The molecule has 2 aromatic carbocycles. The van der Waals surface area contributed by atoms with Gasteiger partial charge >= 0.3 is 159 Å². The Bertz CT molecular complexity index is 612. The van der Waals surface area contributed by atoms with Crippen molar-refractivity contribution in [2.24, 2.45) is 0 Å². The molecule has 1 heterocycles. The van der Waals surface area contributed by atoms with Crippen LogP contribution in [0, 0.1) is 0 Å². The van der Waals surface area contributed by atoms with E-state index in [9.17, 15) is 0 Å². The molecule has 1 fully saturated rings. The first kappa shape index (κ1) is 18.7. The Kier molecular flexibility index (Phi) is 7.12. The van der Waals surface area contributed by atoms with Crippen LogP contribution in [0.25, 0.3) is 0 Å². The number of hydrogen-bond donors (Lipinski definition) is 0. The third-order valence-electron chi connectivity index (χ3n) is 4.79. The number of hydroxylamine groups is 2. The zero-order valence-corrected chi connectivity index (χ0v) is 17.0. The molecule has 25 heavy (non-hydrogen) atoms. The van der Waals surface area contributed by atoms with Gasteiger partial charge in [-0.25, -0.2) is 0 Å². The molecule has 0 amide bonds. The van der Waals surface area contributed by atoms with E-state index < -0.39 is 0 Å². The van der Waals surface area contributed by atoms with E-state index >= 15 is 0 Å². The van der Waals surface area contributed by atoms with E-state index in [4.69, 9.17) is 4.84 Å². The Labute approximate surface area is 158 Å². The summed E-state index contributed by atoms with van der Waals surface area (Å²) >= 11 is 0.416. The monoisotopic (exact) mass is 403 g/mol. The minimum atomic E-state index is 0.379. The van der Waals surface area contributed by atoms with Crippen molar-refractivity contribution < 1.29 is 4.84 Å². The van der Waals surface area contributed by atoms with Crippen LogP contribution in [0.2, 0.25) is 4.82 Å². The van der Waals surface area contributed by atoms with Crippen LogP contribution in [-0.2, 0) is 4.84 Å². The average molecular weight is 402 g/mol. The Morgan fingerprint density at radius 3 is 2.16 bits per heavy atom. The molecule has 2 aromatic rings. The molecule has 0 N–H and O–H groups in total. The van der Waals surface area contributed by atoms with Gasteiger partial charge in [0, 0.05) is 0 Å². The van der Waals surface area contributed by atoms with E-state index in [1.165, 1.54) is 35.7 Å². The molecule has 134 valence electrons. The molecule has 1 aliphatic rings. The maximum absolute atomic E-state index is 6.32. The quantitative estimate of drug-likeness (QED) is 0.591. The second-order valence-corrected chi connectivity index (χ2v) is 9.47.